The third-order valence-corrected chi connectivity index (χ3v) is 13.8. The zero-order valence-corrected chi connectivity index (χ0v) is 46.0. The normalized spacial score (nSPS) is 12.9. The van der Waals surface area contributed by atoms with Crippen molar-refractivity contribution in [2.24, 2.45) is 0 Å². The second kappa shape index (κ2) is 58.4. The number of ether oxygens (including phenoxy) is 1. The molecule has 0 aromatic rings. The molecule has 6 nitrogen and oxygen atoms in total. The van der Waals surface area contributed by atoms with E-state index in [-0.39, 0.29) is 18.5 Å². The van der Waals surface area contributed by atoms with Gasteiger partial charge in [0.1, 0.15) is 0 Å². The highest BCUT2D eigenvalue weighted by Gasteiger charge is 2.18. The number of aliphatic hydroxyl groups is 2. The number of carbonyl (C=O) groups is 2. The minimum Gasteiger partial charge on any atom is -0.466 e. The van der Waals surface area contributed by atoms with Crippen molar-refractivity contribution in [2.75, 3.05) is 13.2 Å². The second-order valence-electron chi connectivity index (χ2n) is 20.7. The molecule has 69 heavy (non-hydrogen) atoms. The van der Waals surface area contributed by atoms with Gasteiger partial charge in [-0.15, -0.1) is 0 Å². The monoisotopic (exact) mass is 968 g/mol. The standard InChI is InChI=1S/C63H117NO5/c1-3-5-7-9-11-13-15-17-19-21-22-23-24-25-27-28-31-35-39-43-47-51-55-61(66)60(59-65)64-62(67)56-52-48-44-40-36-32-30-34-38-42-46-50-54-58-69-63(68)57-53-49-45-41-37-33-29-26-20-18-16-14-12-10-8-6-4-2/h12,14,18,20,32,36,51,55,60-61,65-66H,3-11,13,15-17,19,21-31,33-35,37-50,52-54,56-59H2,1-2H3,(H,64,67)/b14-12-,20-18-,36-32-,55-51+. The number of esters is 1. The van der Waals surface area contributed by atoms with Gasteiger partial charge >= 0.3 is 5.97 Å². The zero-order chi connectivity index (χ0) is 50.0. The lowest BCUT2D eigenvalue weighted by Gasteiger charge is -2.19. The van der Waals surface area contributed by atoms with Gasteiger partial charge in [0.15, 0.2) is 0 Å². The van der Waals surface area contributed by atoms with Gasteiger partial charge in [-0.25, -0.2) is 0 Å². The van der Waals surface area contributed by atoms with Crippen molar-refractivity contribution < 1.29 is 24.5 Å². The quantitative estimate of drug-likeness (QED) is 0.0321. The first-order valence-corrected chi connectivity index (χ1v) is 30.4. The highest BCUT2D eigenvalue weighted by molar-refractivity contribution is 5.76. The van der Waals surface area contributed by atoms with Crippen molar-refractivity contribution in [3.8, 4) is 0 Å². The van der Waals surface area contributed by atoms with Crippen molar-refractivity contribution in [3.05, 3.63) is 48.6 Å². The average Bonchev–Trinajstić information content (AvgIpc) is 3.35. The summed E-state index contributed by atoms with van der Waals surface area (Å²) < 4.78 is 5.47. The molecule has 0 aliphatic rings. The Balaban J connectivity index is 3.53. The maximum Gasteiger partial charge on any atom is 0.305 e. The summed E-state index contributed by atoms with van der Waals surface area (Å²) in [5, 5.41) is 23.2. The molecule has 2 atom stereocenters. The van der Waals surface area contributed by atoms with Gasteiger partial charge in [0.05, 0.1) is 25.4 Å². The molecule has 0 aromatic heterocycles. The molecule has 2 unspecified atom stereocenters. The highest BCUT2D eigenvalue weighted by atomic mass is 16.5. The van der Waals surface area contributed by atoms with E-state index in [1.807, 2.05) is 6.08 Å². The van der Waals surface area contributed by atoms with Crippen LogP contribution in [0.2, 0.25) is 0 Å². The summed E-state index contributed by atoms with van der Waals surface area (Å²) in [7, 11) is 0. The molecule has 0 saturated heterocycles. The Bertz CT molecular complexity index is 1160. The van der Waals surface area contributed by atoms with E-state index in [0.717, 1.165) is 77.0 Å². The van der Waals surface area contributed by atoms with Crippen LogP contribution in [0.3, 0.4) is 0 Å². The maximum absolute atomic E-state index is 12.5. The fourth-order valence-corrected chi connectivity index (χ4v) is 9.13. The molecule has 0 fully saturated rings. The summed E-state index contributed by atoms with van der Waals surface area (Å²) in [5.41, 5.74) is 0. The third kappa shape index (κ3) is 55.0. The number of carbonyl (C=O) groups excluding carboxylic acids is 2. The third-order valence-electron chi connectivity index (χ3n) is 13.8. The number of unbranched alkanes of at least 4 members (excludes halogenated alkanes) is 39. The molecule has 0 aliphatic heterocycles. The van der Waals surface area contributed by atoms with Crippen molar-refractivity contribution in [1.82, 2.24) is 5.32 Å². The summed E-state index contributed by atoms with van der Waals surface area (Å²) >= 11 is 0. The van der Waals surface area contributed by atoms with Crippen LogP contribution in [0.25, 0.3) is 0 Å². The number of allylic oxidation sites excluding steroid dienone is 7. The minimum atomic E-state index is -0.864. The first kappa shape index (κ1) is 66.8. The van der Waals surface area contributed by atoms with Gasteiger partial charge in [-0.1, -0.05) is 262 Å². The molecule has 404 valence electrons. The highest BCUT2D eigenvalue weighted by Crippen LogP contribution is 2.17. The molecular weight excluding hydrogens is 851 g/mol. The predicted octanol–water partition coefficient (Wildman–Crippen LogP) is 19.0. The van der Waals surface area contributed by atoms with E-state index >= 15 is 0 Å². The summed E-state index contributed by atoms with van der Waals surface area (Å²) in [5.74, 6) is -0.118. The number of hydrogen-bond acceptors (Lipinski definition) is 5. The molecule has 0 aliphatic carbocycles. The lowest BCUT2D eigenvalue weighted by atomic mass is 10.0. The van der Waals surface area contributed by atoms with Crippen LogP contribution < -0.4 is 5.32 Å². The topological polar surface area (TPSA) is 95.9 Å². The van der Waals surface area contributed by atoms with Crippen LogP contribution in [0, 0.1) is 0 Å². The van der Waals surface area contributed by atoms with Crippen LogP contribution in [-0.2, 0) is 14.3 Å². The molecule has 0 radical (unpaired) electrons. The van der Waals surface area contributed by atoms with E-state index in [0.29, 0.717) is 19.4 Å². The summed E-state index contributed by atoms with van der Waals surface area (Å²) in [6.07, 6.45) is 74.2. The Labute approximate surface area is 429 Å². The predicted molar refractivity (Wildman–Crippen MR) is 301 cm³/mol. The fraction of sp³-hybridized carbons (Fsp3) is 0.841. The number of nitrogens with one attached hydrogen (secondary N) is 1. The Morgan fingerprint density at radius 1 is 0.406 bits per heavy atom. The zero-order valence-electron chi connectivity index (χ0n) is 46.0. The number of aliphatic hydroxyl groups excluding tert-OH is 2. The van der Waals surface area contributed by atoms with Crippen LogP contribution in [0.15, 0.2) is 48.6 Å². The first-order chi connectivity index (χ1) is 34.0. The van der Waals surface area contributed by atoms with Gasteiger partial charge in [0, 0.05) is 12.8 Å². The molecule has 0 bridgehead atoms. The summed E-state index contributed by atoms with van der Waals surface area (Å²) in [4.78, 5) is 24.6. The van der Waals surface area contributed by atoms with Gasteiger partial charge in [-0.05, 0) is 89.9 Å². The largest absolute Gasteiger partial charge is 0.466 e. The number of rotatable bonds is 56. The molecule has 6 heteroatoms. The van der Waals surface area contributed by atoms with E-state index in [4.69, 9.17) is 4.74 Å². The van der Waals surface area contributed by atoms with Crippen LogP contribution in [0.1, 0.15) is 316 Å². The molecule has 3 N–H and O–H groups in total. The first-order valence-electron chi connectivity index (χ1n) is 30.4. The second-order valence-corrected chi connectivity index (χ2v) is 20.7. The van der Waals surface area contributed by atoms with Gasteiger partial charge in [-0.2, -0.15) is 0 Å². The van der Waals surface area contributed by atoms with Crippen molar-refractivity contribution >= 4 is 11.9 Å². The maximum atomic E-state index is 12.5. The van der Waals surface area contributed by atoms with Gasteiger partial charge in [0.25, 0.3) is 0 Å². The van der Waals surface area contributed by atoms with E-state index in [9.17, 15) is 19.8 Å². The summed E-state index contributed by atoms with van der Waals surface area (Å²) in [6, 6.07) is -0.651. The Morgan fingerprint density at radius 2 is 0.725 bits per heavy atom. The summed E-state index contributed by atoms with van der Waals surface area (Å²) in [6.45, 7) is 4.84. The number of hydrogen-bond donors (Lipinski definition) is 3. The molecule has 1 amide bonds. The van der Waals surface area contributed by atoms with Gasteiger partial charge < -0.3 is 20.3 Å². The van der Waals surface area contributed by atoms with E-state index < -0.39 is 12.1 Å². The van der Waals surface area contributed by atoms with Crippen molar-refractivity contribution in [1.29, 1.82) is 0 Å². The lowest BCUT2D eigenvalue weighted by molar-refractivity contribution is -0.143. The van der Waals surface area contributed by atoms with E-state index in [1.165, 1.54) is 212 Å². The molecule has 0 rings (SSSR count). The van der Waals surface area contributed by atoms with Gasteiger partial charge in [-0.3, -0.25) is 9.59 Å². The number of amides is 1. The van der Waals surface area contributed by atoms with Crippen LogP contribution >= 0.6 is 0 Å². The molecule has 0 saturated carbocycles. The SMILES string of the molecule is CCCCC/C=C\C/C=C\CCCCCCCCCC(=O)OCCCCCCCC/C=C\CCCCCC(=O)NC(CO)C(O)/C=C/CCCCCCCCCCCCCCCCCCCCCC. The van der Waals surface area contributed by atoms with Crippen molar-refractivity contribution in [3.63, 3.8) is 0 Å². The van der Waals surface area contributed by atoms with E-state index in [2.05, 4.69) is 55.6 Å². The van der Waals surface area contributed by atoms with Gasteiger partial charge in [0.2, 0.25) is 5.91 Å². The lowest BCUT2D eigenvalue weighted by Crippen LogP contribution is -2.45. The fourth-order valence-electron chi connectivity index (χ4n) is 9.13. The van der Waals surface area contributed by atoms with E-state index in [1.54, 1.807) is 6.08 Å². The minimum absolute atomic E-state index is 0.0217. The smallest absolute Gasteiger partial charge is 0.305 e. The van der Waals surface area contributed by atoms with Crippen LogP contribution in [-0.4, -0.2) is 47.4 Å². The molecule has 0 spiro atoms. The Morgan fingerprint density at radius 3 is 1.16 bits per heavy atom. The Hall–Kier alpha value is -2.18. The van der Waals surface area contributed by atoms with Crippen LogP contribution in [0.5, 0.6) is 0 Å². The van der Waals surface area contributed by atoms with Crippen LogP contribution in [0.4, 0.5) is 0 Å². The Kier molecular flexibility index (Phi) is 56.5. The molecule has 0 aromatic carbocycles. The molecular formula is C63H117NO5. The average molecular weight is 969 g/mol. The van der Waals surface area contributed by atoms with Crippen molar-refractivity contribution in [2.45, 2.75) is 328 Å². The molecule has 0 heterocycles.